The van der Waals surface area contributed by atoms with E-state index in [0.29, 0.717) is 47.0 Å². The molecule has 0 atom stereocenters. The van der Waals surface area contributed by atoms with Crippen molar-refractivity contribution in [1.82, 2.24) is 20.9 Å². The number of aryl methyl sites for hydroxylation is 3. The number of nitrogens with one attached hydrogen (secondary N) is 6. The van der Waals surface area contributed by atoms with Gasteiger partial charge in [-0.1, -0.05) is 62.1 Å². The normalized spacial score (nSPS) is 11.9. The second-order valence-electron chi connectivity index (χ2n) is 21.9. The number of unbranched alkanes of at least 4 members (excludes halogenated alkanes) is 6. The summed E-state index contributed by atoms with van der Waals surface area (Å²) in [5, 5.41) is 21.8. The average Bonchev–Trinajstić information content (AvgIpc) is 1.55. The molecule has 0 spiro atoms. The molecule has 0 radical (unpaired) electrons. The highest BCUT2D eigenvalue weighted by atomic mass is 16.2. The Labute approximate surface area is 501 Å². The summed E-state index contributed by atoms with van der Waals surface area (Å²) in [4.78, 5) is 34.9. The van der Waals surface area contributed by atoms with Crippen molar-refractivity contribution in [2.45, 2.75) is 91.9 Å². The number of fused-ring (bicyclic) bond motifs is 2. The number of aliphatic imine (C=N–C) groups is 1. The van der Waals surface area contributed by atoms with Crippen LogP contribution in [0.4, 0.5) is 56.9 Å². The lowest BCUT2D eigenvalue weighted by atomic mass is 10.0. The molecule has 1 aliphatic rings. The Bertz CT molecular complexity index is 3720. The number of rotatable bonds is 25. The number of nitrogens with zero attached hydrogens (tertiary/aromatic N) is 3. The minimum atomic E-state index is -0.0733. The highest BCUT2D eigenvalue weighted by molar-refractivity contribution is 5.96. The molecule has 0 aliphatic heterocycles. The van der Waals surface area contributed by atoms with Crippen LogP contribution in [0.15, 0.2) is 150 Å². The van der Waals surface area contributed by atoms with Crippen molar-refractivity contribution in [2.75, 3.05) is 79.2 Å². The molecule has 1 aromatic heterocycles. The summed E-state index contributed by atoms with van der Waals surface area (Å²) in [7, 11) is 3.82. The molecule has 0 bridgehead atoms. The molecule has 16 N–H and O–H groups in total. The van der Waals surface area contributed by atoms with Crippen molar-refractivity contribution in [1.29, 1.82) is 0 Å². The van der Waals surface area contributed by atoms with Crippen LogP contribution < -0.4 is 64.7 Å². The number of aromatic nitrogens is 2. The van der Waals surface area contributed by atoms with Gasteiger partial charge in [0.05, 0.1) is 5.69 Å². The summed E-state index contributed by atoms with van der Waals surface area (Å²) in [6.45, 7) is 15.1. The number of carbonyl (C=O) groups is 2. The van der Waals surface area contributed by atoms with Crippen LogP contribution in [-0.4, -0.2) is 63.8 Å². The molecule has 0 unspecified atom stereocenters. The van der Waals surface area contributed by atoms with Crippen LogP contribution in [0.2, 0.25) is 0 Å². The van der Waals surface area contributed by atoms with Crippen LogP contribution in [-0.2, 0) is 0 Å². The molecular formula is C69H86N14O2+2. The summed E-state index contributed by atoms with van der Waals surface area (Å²) in [5.74, 6) is -0.123. The van der Waals surface area contributed by atoms with Crippen LogP contribution in [0.3, 0.4) is 0 Å². The lowest BCUT2D eigenvalue weighted by Crippen LogP contribution is -2.71. The van der Waals surface area contributed by atoms with Gasteiger partial charge in [-0.2, -0.15) is 0 Å². The zero-order valence-corrected chi connectivity index (χ0v) is 50.4. The molecule has 16 heteroatoms. The van der Waals surface area contributed by atoms with Gasteiger partial charge in [0.2, 0.25) is 16.7 Å². The van der Waals surface area contributed by atoms with Gasteiger partial charge >= 0.3 is 0 Å². The van der Waals surface area contributed by atoms with E-state index in [1.807, 2.05) is 111 Å². The third kappa shape index (κ3) is 16.2. The van der Waals surface area contributed by atoms with Crippen molar-refractivity contribution in [2.24, 2.45) is 4.99 Å². The molecular weight excluding hydrogens is 1060 g/mol. The third-order valence-electron chi connectivity index (χ3n) is 15.6. The molecule has 1 aliphatic carbocycles. The van der Waals surface area contributed by atoms with Gasteiger partial charge in [0, 0.05) is 116 Å². The highest BCUT2D eigenvalue weighted by Crippen LogP contribution is 2.32. The number of anilines is 7. The maximum absolute atomic E-state index is 12.9. The fourth-order valence-corrected chi connectivity index (χ4v) is 10.7. The van der Waals surface area contributed by atoms with E-state index in [4.69, 9.17) is 27.9 Å². The first kappa shape index (κ1) is 61.7. The molecule has 1 heterocycles. The van der Waals surface area contributed by atoms with E-state index in [1.165, 1.54) is 11.3 Å². The summed E-state index contributed by atoms with van der Waals surface area (Å²) < 4.78 is 2.18. The van der Waals surface area contributed by atoms with Crippen molar-refractivity contribution >= 4 is 97.5 Å². The molecule has 16 nitrogen and oxygen atoms in total. The fourth-order valence-electron chi connectivity index (χ4n) is 10.7. The maximum Gasteiger partial charge on any atom is 0.251 e. The minimum absolute atomic E-state index is 0.0500. The molecule has 7 aromatic carbocycles. The molecule has 2 amide bonds. The summed E-state index contributed by atoms with van der Waals surface area (Å²) >= 11 is 0. The predicted octanol–water partition coefficient (Wildman–Crippen LogP) is 12.1. The first-order valence-corrected chi connectivity index (χ1v) is 29.7. The number of carbonyl (C=O) groups excluding carboxylic acids is 2. The van der Waals surface area contributed by atoms with Crippen molar-refractivity contribution in [3.8, 4) is 16.8 Å². The summed E-state index contributed by atoms with van der Waals surface area (Å²) in [5.41, 5.74) is 46.5. The summed E-state index contributed by atoms with van der Waals surface area (Å²) in [6, 6.07) is 39.0. The highest BCUT2D eigenvalue weighted by Gasteiger charge is 2.24. The van der Waals surface area contributed by atoms with Crippen molar-refractivity contribution in [3.05, 3.63) is 173 Å². The Kier molecular flexibility index (Phi) is 21.6. The van der Waals surface area contributed by atoms with Gasteiger partial charge < -0.3 is 54.8 Å². The van der Waals surface area contributed by atoms with Gasteiger partial charge in [0.25, 0.3) is 11.8 Å². The molecule has 9 rings (SSSR count). The van der Waals surface area contributed by atoms with Crippen LogP contribution in [0.25, 0.3) is 38.9 Å². The van der Waals surface area contributed by atoms with E-state index in [2.05, 4.69) is 105 Å². The number of hydrogen-bond acceptors (Lipinski definition) is 12. The number of benzene rings is 7. The fraction of sp³-hybridized carbons (Fsp3) is 0.290. The van der Waals surface area contributed by atoms with Gasteiger partial charge in [-0.05, 0) is 173 Å². The van der Waals surface area contributed by atoms with Gasteiger partial charge in [0.15, 0.2) is 11.4 Å². The monoisotopic (exact) mass is 1140 g/mol. The van der Waals surface area contributed by atoms with E-state index in [-0.39, 0.29) is 11.8 Å². The van der Waals surface area contributed by atoms with E-state index in [1.54, 1.807) is 12.1 Å². The molecule has 0 saturated carbocycles. The van der Waals surface area contributed by atoms with E-state index in [9.17, 15) is 9.59 Å². The van der Waals surface area contributed by atoms with Crippen LogP contribution in [0.5, 0.6) is 0 Å². The second-order valence-corrected chi connectivity index (χ2v) is 21.9. The predicted molar refractivity (Wildman–Crippen MR) is 356 cm³/mol. The van der Waals surface area contributed by atoms with Crippen LogP contribution in [0, 0.1) is 20.8 Å². The number of allylic oxidation sites excluding steroid dienone is 3. The Balaban J connectivity index is 0.000000396. The standard InChI is InChI=1S/C54H65N9O2.C15H19N5/c1-36-15-9-10-16-45(36)58-27-11-5-7-13-29-60-53(64)41-21-17-39(18-22-41)40-19-23-42(24-20-40)54(65)61-30-14-8-6-12-28-59-47-35-52-49(32-38(47)3)62-48-31-37(2)46(57-4)34-51(48)63(52)50-26-25-43(55)33-44(50)56;1-9-6-14(19-3)15(8-13(9)18-2)20-12-5-4-10(16)7-11(12)17/h15-26,31-35,58H,5-14,27-30,55-56H2,1-4H3,(H3,57,59,60,61,64,65);4-8,18,20H,3,16-17H2,1-2H3/p+2. The number of amides is 2. The van der Waals surface area contributed by atoms with Gasteiger partial charge in [-0.3, -0.25) is 19.9 Å². The van der Waals surface area contributed by atoms with Gasteiger partial charge in [0.1, 0.15) is 22.4 Å². The summed E-state index contributed by atoms with van der Waals surface area (Å²) in [6.07, 6.45) is 15.1. The number of hydrogen-bond donors (Lipinski definition) is 11. The third-order valence-corrected chi connectivity index (χ3v) is 15.6. The van der Waals surface area contributed by atoms with Crippen molar-refractivity contribution in [3.63, 3.8) is 0 Å². The Morgan fingerprint density at radius 1 is 0.541 bits per heavy atom. The zero-order chi connectivity index (χ0) is 60.4. The maximum atomic E-state index is 12.9. The molecule has 85 heavy (non-hydrogen) atoms. The Morgan fingerprint density at radius 3 is 1.58 bits per heavy atom. The first-order chi connectivity index (χ1) is 41.1. The lowest BCUT2D eigenvalue weighted by Gasteiger charge is -2.15. The zero-order valence-electron chi connectivity index (χ0n) is 50.4. The minimum Gasteiger partial charge on any atom is -0.399 e. The topological polar surface area (TPSA) is 256 Å². The van der Waals surface area contributed by atoms with E-state index >= 15 is 0 Å². The number of quaternary nitrogens is 1. The van der Waals surface area contributed by atoms with E-state index in [0.717, 1.165) is 167 Å². The molecule has 8 aromatic rings. The van der Waals surface area contributed by atoms with E-state index < -0.39 is 0 Å². The number of nitrogen functional groups attached to an aromatic ring is 4. The first-order valence-electron chi connectivity index (χ1n) is 29.7. The van der Waals surface area contributed by atoms with Gasteiger partial charge in [-0.15, -0.1) is 4.57 Å². The average molecular weight is 1140 g/mol. The lowest BCUT2D eigenvalue weighted by molar-refractivity contribution is -0.537. The Hall–Kier alpha value is -9.41. The smallest absolute Gasteiger partial charge is 0.251 e. The molecule has 0 fully saturated rings. The number of nitrogens with two attached hydrogens (primary N) is 5. The largest absolute Gasteiger partial charge is 0.399 e. The molecule has 0 saturated heterocycles. The SMILES string of the molecule is C=Nc1cc(C)c(NC)cc1[NH2+]c1ccc(N)cc1N.CNc1cc2c(cc1C)nc1cc(C)c(NCCCCCCNC(=O)c3ccc(-c4ccc(C(=O)NCCCCCCNC5=CCCC=C5C)cc4)cc3)cc1[n+]2-c1ccc(N)cc1N. The van der Waals surface area contributed by atoms with Gasteiger partial charge in [-0.25, -0.2) is 4.98 Å². The van der Waals surface area contributed by atoms with Crippen molar-refractivity contribution < 1.29 is 19.5 Å². The Morgan fingerprint density at radius 2 is 1.04 bits per heavy atom. The van der Waals surface area contributed by atoms with Crippen LogP contribution >= 0.6 is 0 Å². The van der Waals surface area contributed by atoms with Crippen LogP contribution in [0.1, 0.15) is 109 Å². The second kappa shape index (κ2) is 29.7. The quantitative estimate of drug-likeness (QED) is 0.00843. The molecule has 442 valence electrons.